The number of ether oxygens (including phenoxy) is 2. The van der Waals surface area contributed by atoms with E-state index in [1.807, 2.05) is 36.5 Å². The van der Waals surface area contributed by atoms with E-state index in [1.165, 1.54) is 5.56 Å². The van der Waals surface area contributed by atoms with E-state index in [0.717, 1.165) is 69.7 Å². The molecule has 1 atom stereocenters. The predicted molar refractivity (Wildman–Crippen MR) is 144 cm³/mol. The topological polar surface area (TPSA) is 62.2 Å². The van der Waals surface area contributed by atoms with E-state index >= 15 is 0 Å². The molecular weight excluding hydrogens is 529 g/mol. The van der Waals surface area contributed by atoms with Gasteiger partial charge in [0.25, 0.3) is 0 Å². The number of piperidine rings is 1. The van der Waals surface area contributed by atoms with Gasteiger partial charge in [0.15, 0.2) is 5.96 Å². The highest BCUT2D eigenvalue weighted by Crippen LogP contribution is 2.20. The SMILES string of the molecule is CCNC(=NCc1ccnc(N2CCOC(C)C2)c1)N1CCC(Oc2ccccc2)CC1.I. The van der Waals surface area contributed by atoms with Crippen molar-refractivity contribution in [2.75, 3.05) is 44.2 Å². The summed E-state index contributed by atoms with van der Waals surface area (Å²) in [7, 11) is 0. The summed E-state index contributed by atoms with van der Waals surface area (Å²) in [6, 6.07) is 14.3. The van der Waals surface area contributed by atoms with Crippen molar-refractivity contribution in [2.24, 2.45) is 4.99 Å². The number of aliphatic imine (C=N–C) groups is 1. The minimum atomic E-state index is 0. The second kappa shape index (κ2) is 13.0. The summed E-state index contributed by atoms with van der Waals surface area (Å²) in [6.45, 7) is 10.1. The fraction of sp³-hybridized carbons (Fsp3) is 0.520. The third-order valence-corrected chi connectivity index (χ3v) is 5.91. The van der Waals surface area contributed by atoms with Gasteiger partial charge in [-0.05, 0) is 43.7 Å². The Hall–Kier alpha value is -2.07. The van der Waals surface area contributed by atoms with Crippen molar-refractivity contribution < 1.29 is 9.47 Å². The highest BCUT2D eigenvalue weighted by Gasteiger charge is 2.23. The number of morpholine rings is 1. The molecule has 0 aliphatic carbocycles. The van der Waals surface area contributed by atoms with Gasteiger partial charge in [0.2, 0.25) is 0 Å². The molecule has 180 valence electrons. The zero-order valence-electron chi connectivity index (χ0n) is 19.7. The van der Waals surface area contributed by atoms with E-state index in [4.69, 9.17) is 14.5 Å². The summed E-state index contributed by atoms with van der Waals surface area (Å²) in [5.74, 6) is 2.94. The third-order valence-electron chi connectivity index (χ3n) is 5.91. The number of hydrogen-bond acceptors (Lipinski definition) is 5. The molecular formula is C25H36IN5O2. The van der Waals surface area contributed by atoms with Crippen LogP contribution in [0.3, 0.4) is 0 Å². The van der Waals surface area contributed by atoms with Crippen molar-refractivity contribution in [3.8, 4) is 5.75 Å². The number of guanidine groups is 1. The Bertz CT molecular complexity index is 874. The first-order chi connectivity index (χ1) is 15.7. The number of halogens is 1. The minimum absolute atomic E-state index is 0. The van der Waals surface area contributed by atoms with Crippen LogP contribution in [0.25, 0.3) is 0 Å². The standard InChI is InChI=1S/C25H35N5O2.HI/c1-3-26-25(29-13-10-23(11-14-29)32-22-7-5-4-6-8-22)28-18-21-9-12-27-24(17-21)30-15-16-31-20(2)19-30;/h4-9,12,17,20,23H,3,10-11,13-16,18-19H2,1-2H3,(H,26,28);1H. The number of nitrogens with zero attached hydrogens (tertiary/aromatic N) is 4. The van der Waals surface area contributed by atoms with Crippen molar-refractivity contribution in [2.45, 2.75) is 45.4 Å². The highest BCUT2D eigenvalue weighted by atomic mass is 127. The van der Waals surface area contributed by atoms with E-state index < -0.39 is 0 Å². The van der Waals surface area contributed by atoms with Gasteiger partial charge in [-0.1, -0.05) is 18.2 Å². The molecule has 2 aliphatic rings. The molecule has 2 aromatic rings. The van der Waals surface area contributed by atoms with Crippen molar-refractivity contribution >= 4 is 35.8 Å². The number of pyridine rings is 1. The number of benzene rings is 1. The fourth-order valence-corrected chi connectivity index (χ4v) is 4.23. The van der Waals surface area contributed by atoms with Gasteiger partial charge in [0, 0.05) is 51.8 Å². The maximum atomic E-state index is 6.14. The average molecular weight is 566 g/mol. The van der Waals surface area contributed by atoms with E-state index in [-0.39, 0.29) is 36.2 Å². The van der Waals surface area contributed by atoms with Gasteiger partial charge in [0.1, 0.15) is 17.7 Å². The summed E-state index contributed by atoms with van der Waals surface area (Å²) in [4.78, 5) is 14.2. The molecule has 2 saturated heterocycles. The molecule has 0 bridgehead atoms. The smallest absolute Gasteiger partial charge is 0.194 e. The fourth-order valence-electron chi connectivity index (χ4n) is 4.23. The van der Waals surface area contributed by atoms with Gasteiger partial charge in [-0.2, -0.15) is 0 Å². The maximum Gasteiger partial charge on any atom is 0.194 e. The molecule has 1 aromatic heterocycles. The van der Waals surface area contributed by atoms with Crippen molar-refractivity contribution in [1.82, 2.24) is 15.2 Å². The lowest BCUT2D eigenvalue weighted by atomic mass is 10.1. The summed E-state index contributed by atoms with van der Waals surface area (Å²) in [6.07, 6.45) is 4.37. The van der Waals surface area contributed by atoms with Crippen LogP contribution >= 0.6 is 24.0 Å². The quantitative estimate of drug-likeness (QED) is 0.326. The average Bonchev–Trinajstić information content (AvgIpc) is 2.83. The van der Waals surface area contributed by atoms with E-state index in [0.29, 0.717) is 6.54 Å². The zero-order chi connectivity index (χ0) is 22.2. The number of nitrogens with one attached hydrogen (secondary N) is 1. The van der Waals surface area contributed by atoms with Gasteiger partial charge in [-0.3, -0.25) is 0 Å². The molecule has 0 amide bonds. The van der Waals surface area contributed by atoms with E-state index in [9.17, 15) is 0 Å². The van der Waals surface area contributed by atoms with E-state index in [1.54, 1.807) is 0 Å². The molecule has 7 nitrogen and oxygen atoms in total. The number of likely N-dealkylation sites (tertiary alicyclic amines) is 1. The third kappa shape index (κ3) is 7.46. The molecule has 33 heavy (non-hydrogen) atoms. The molecule has 1 N–H and O–H groups in total. The van der Waals surface area contributed by atoms with Crippen LogP contribution in [0.1, 0.15) is 32.3 Å². The number of rotatable bonds is 6. The first-order valence-corrected chi connectivity index (χ1v) is 11.8. The largest absolute Gasteiger partial charge is 0.490 e. The summed E-state index contributed by atoms with van der Waals surface area (Å²) < 4.78 is 11.8. The Kier molecular flexibility index (Phi) is 10.1. The lowest BCUT2D eigenvalue weighted by molar-refractivity contribution is 0.0529. The van der Waals surface area contributed by atoms with Crippen LogP contribution in [0.2, 0.25) is 0 Å². The molecule has 3 heterocycles. The number of hydrogen-bond donors (Lipinski definition) is 1. The number of aromatic nitrogens is 1. The maximum absolute atomic E-state index is 6.14. The minimum Gasteiger partial charge on any atom is -0.490 e. The molecule has 2 aliphatic heterocycles. The Balaban J connectivity index is 0.00000306. The van der Waals surface area contributed by atoms with Crippen molar-refractivity contribution in [3.05, 3.63) is 54.2 Å². The van der Waals surface area contributed by atoms with Crippen molar-refractivity contribution in [3.63, 3.8) is 0 Å². The zero-order valence-corrected chi connectivity index (χ0v) is 22.0. The first-order valence-electron chi connectivity index (χ1n) is 11.8. The first kappa shape index (κ1) is 25.6. The lowest BCUT2D eigenvalue weighted by Crippen LogP contribution is -2.47. The molecule has 0 spiro atoms. The Morgan fingerprint density at radius 3 is 2.70 bits per heavy atom. The van der Waals surface area contributed by atoms with Crippen LogP contribution in [0.15, 0.2) is 53.7 Å². The number of anilines is 1. The van der Waals surface area contributed by atoms with Crippen LogP contribution in [0.5, 0.6) is 5.75 Å². The van der Waals surface area contributed by atoms with Crippen LogP contribution in [0.4, 0.5) is 5.82 Å². The van der Waals surface area contributed by atoms with Gasteiger partial charge in [0.05, 0.1) is 19.3 Å². The predicted octanol–water partition coefficient (Wildman–Crippen LogP) is 3.93. The van der Waals surface area contributed by atoms with Gasteiger partial charge >= 0.3 is 0 Å². The normalized spacial score (nSPS) is 19.7. The Morgan fingerprint density at radius 2 is 1.97 bits per heavy atom. The van der Waals surface area contributed by atoms with Gasteiger partial charge in [-0.15, -0.1) is 24.0 Å². The van der Waals surface area contributed by atoms with Crippen LogP contribution in [-0.2, 0) is 11.3 Å². The van der Waals surface area contributed by atoms with Crippen LogP contribution < -0.4 is 15.0 Å². The van der Waals surface area contributed by atoms with Gasteiger partial charge in [-0.25, -0.2) is 9.98 Å². The van der Waals surface area contributed by atoms with Crippen LogP contribution in [-0.4, -0.2) is 67.4 Å². The second-order valence-electron chi connectivity index (χ2n) is 8.44. The summed E-state index contributed by atoms with van der Waals surface area (Å²) in [5, 5.41) is 3.46. The number of para-hydroxylation sites is 1. The molecule has 0 saturated carbocycles. The summed E-state index contributed by atoms with van der Waals surface area (Å²) >= 11 is 0. The highest BCUT2D eigenvalue weighted by molar-refractivity contribution is 14.0. The Morgan fingerprint density at radius 1 is 1.18 bits per heavy atom. The summed E-state index contributed by atoms with van der Waals surface area (Å²) in [5.41, 5.74) is 1.17. The molecule has 2 fully saturated rings. The monoisotopic (exact) mass is 565 g/mol. The molecule has 0 radical (unpaired) electrons. The van der Waals surface area contributed by atoms with Gasteiger partial charge < -0.3 is 24.6 Å². The van der Waals surface area contributed by atoms with Crippen molar-refractivity contribution in [1.29, 1.82) is 0 Å². The van der Waals surface area contributed by atoms with E-state index in [2.05, 4.69) is 46.1 Å². The molecule has 4 rings (SSSR count). The Labute approximate surface area is 214 Å². The molecule has 8 heteroatoms. The lowest BCUT2D eigenvalue weighted by Gasteiger charge is -2.34. The molecule has 1 aromatic carbocycles. The second-order valence-corrected chi connectivity index (χ2v) is 8.44. The van der Waals surface area contributed by atoms with Crippen LogP contribution in [0, 0.1) is 0 Å². The molecule has 1 unspecified atom stereocenters.